The van der Waals surface area contributed by atoms with E-state index < -0.39 is 0 Å². The van der Waals surface area contributed by atoms with Gasteiger partial charge in [0.1, 0.15) is 0 Å². The van der Waals surface area contributed by atoms with Gasteiger partial charge in [0.15, 0.2) is 0 Å². The topological polar surface area (TPSA) is 19.4 Å². The van der Waals surface area contributed by atoms with Crippen molar-refractivity contribution < 1.29 is 0 Å². The molecule has 0 unspecified atom stereocenters. The van der Waals surface area contributed by atoms with Crippen LogP contribution in [0.4, 0.5) is 11.4 Å². The molecule has 98 valence electrons. The van der Waals surface area contributed by atoms with E-state index in [1.54, 1.807) is 0 Å². The summed E-state index contributed by atoms with van der Waals surface area (Å²) < 4.78 is 0. The van der Waals surface area contributed by atoms with Crippen LogP contribution in [0.1, 0.15) is 0 Å². The zero-order valence-corrected chi connectivity index (χ0v) is 11.4. The van der Waals surface area contributed by atoms with Crippen LogP contribution in [0.15, 0.2) is 48.8 Å². The highest BCUT2D eigenvalue weighted by molar-refractivity contribution is 6.30. The van der Waals surface area contributed by atoms with Gasteiger partial charge in [-0.25, -0.2) is 0 Å². The summed E-state index contributed by atoms with van der Waals surface area (Å²) in [6.07, 6.45) is 3.74. The Hall–Kier alpha value is -1.74. The second kappa shape index (κ2) is 5.49. The number of anilines is 2. The minimum absolute atomic E-state index is 0.798. The van der Waals surface area contributed by atoms with Crippen LogP contribution in [-0.4, -0.2) is 31.2 Å². The minimum atomic E-state index is 0.798. The van der Waals surface area contributed by atoms with Crippen molar-refractivity contribution in [2.24, 2.45) is 0 Å². The Balaban J connectivity index is 1.67. The lowest BCUT2D eigenvalue weighted by molar-refractivity contribution is 0.653. The van der Waals surface area contributed by atoms with Gasteiger partial charge in [-0.3, -0.25) is 4.98 Å². The van der Waals surface area contributed by atoms with Gasteiger partial charge in [0.2, 0.25) is 0 Å². The number of halogens is 1. The molecule has 0 amide bonds. The van der Waals surface area contributed by atoms with E-state index in [2.05, 4.69) is 26.9 Å². The molecule has 19 heavy (non-hydrogen) atoms. The van der Waals surface area contributed by atoms with Crippen molar-refractivity contribution in [3.63, 3.8) is 0 Å². The lowest BCUT2D eigenvalue weighted by Crippen LogP contribution is -2.46. The molecule has 1 aliphatic heterocycles. The van der Waals surface area contributed by atoms with Crippen LogP contribution >= 0.6 is 11.6 Å². The smallest absolute Gasteiger partial charge is 0.0553 e. The molecule has 1 aliphatic rings. The fraction of sp³-hybridized carbons (Fsp3) is 0.267. The number of rotatable bonds is 2. The standard InChI is InChI=1S/C15H16ClN3/c16-13-3-1-4-14(11-13)18-7-9-19(10-8-18)15-5-2-6-17-12-15/h1-6,11-12H,7-10H2. The fourth-order valence-electron chi connectivity index (χ4n) is 2.44. The van der Waals surface area contributed by atoms with Crippen molar-refractivity contribution in [3.05, 3.63) is 53.8 Å². The molecular weight excluding hydrogens is 258 g/mol. The van der Waals surface area contributed by atoms with Crippen LogP contribution < -0.4 is 9.80 Å². The van der Waals surface area contributed by atoms with Gasteiger partial charge in [-0.05, 0) is 30.3 Å². The largest absolute Gasteiger partial charge is 0.368 e. The summed E-state index contributed by atoms with van der Waals surface area (Å²) in [5.74, 6) is 0. The predicted octanol–water partition coefficient (Wildman–Crippen LogP) is 3.06. The third-order valence-electron chi connectivity index (χ3n) is 3.46. The number of benzene rings is 1. The highest BCUT2D eigenvalue weighted by atomic mass is 35.5. The molecule has 2 aromatic rings. The number of piperazine rings is 1. The van der Waals surface area contributed by atoms with E-state index >= 15 is 0 Å². The van der Waals surface area contributed by atoms with E-state index in [0.29, 0.717) is 0 Å². The third kappa shape index (κ3) is 2.82. The first-order valence-electron chi connectivity index (χ1n) is 6.48. The van der Waals surface area contributed by atoms with Crippen molar-refractivity contribution in [1.29, 1.82) is 0 Å². The molecule has 0 N–H and O–H groups in total. The van der Waals surface area contributed by atoms with E-state index in [4.69, 9.17) is 11.6 Å². The maximum absolute atomic E-state index is 6.04. The van der Waals surface area contributed by atoms with Gasteiger partial charge in [-0.15, -0.1) is 0 Å². The maximum atomic E-state index is 6.04. The Bertz CT molecular complexity index is 536. The molecule has 3 nitrogen and oxygen atoms in total. The van der Waals surface area contributed by atoms with Crippen LogP contribution in [0.2, 0.25) is 5.02 Å². The van der Waals surface area contributed by atoms with E-state index in [0.717, 1.165) is 31.2 Å². The van der Waals surface area contributed by atoms with Gasteiger partial charge in [0.05, 0.1) is 11.9 Å². The minimum Gasteiger partial charge on any atom is -0.368 e. The summed E-state index contributed by atoms with van der Waals surface area (Å²) in [5, 5.41) is 0.798. The first-order chi connectivity index (χ1) is 9.33. The van der Waals surface area contributed by atoms with Crippen molar-refractivity contribution in [1.82, 2.24) is 4.98 Å². The molecule has 0 atom stereocenters. The lowest BCUT2D eigenvalue weighted by Gasteiger charge is -2.37. The van der Waals surface area contributed by atoms with E-state index in [1.165, 1.54) is 11.4 Å². The van der Waals surface area contributed by atoms with Crippen molar-refractivity contribution in [3.8, 4) is 0 Å². The zero-order valence-electron chi connectivity index (χ0n) is 10.7. The maximum Gasteiger partial charge on any atom is 0.0553 e. The van der Waals surface area contributed by atoms with Crippen LogP contribution in [0.5, 0.6) is 0 Å². The van der Waals surface area contributed by atoms with Crippen LogP contribution in [0.3, 0.4) is 0 Å². The Morgan fingerprint density at radius 3 is 2.21 bits per heavy atom. The molecule has 0 spiro atoms. The first-order valence-corrected chi connectivity index (χ1v) is 6.86. The zero-order chi connectivity index (χ0) is 13.1. The van der Waals surface area contributed by atoms with Gasteiger partial charge >= 0.3 is 0 Å². The average Bonchev–Trinajstić information content (AvgIpc) is 2.48. The Morgan fingerprint density at radius 2 is 1.58 bits per heavy atom. The van der Waals surface area contributed by atoms with Crippen LogP contribution in [0, 0.1) is 0 Å². The Labute approximate surface area is 118 Å². The summed E-state index contributed by atoms with van der Waals surface area (Å²) in [4.78, 5) is 8.92. The van der Waals surface area contributed by atoms with Gasteiger partial charge in [0, 0.05) is 43.1 Å². The van der Waals surface area contributed by atoms with Crippen molar-refractivity contribution in [2.45, 2.75) is 0 Å². The molecule has 0 bridgehead atoms. The third-order valence-corrected chi connectivity index (χ3v) is 3.70. The Kier molecular flexibility index (Phi) is 3.56. The highest BCUT2D eigenvalue weighted by Gasteiger charge is 2.17. The normalized spacial score (nSPS) is 15.6. The number of aromatic nitrogens is 1. The van der Waals surface area contributed by atoms with Gasteiger partial charge in [-0.1, -0.05) is 17.7 Å². The summed E-state index contributed by atoms with van der Waals surface area (Å²) in [6, 6.07) is 12.2. The second-order valence-electron chi connectivity index (χ2n) is 4.67. The monoisotopic (exact) mass is 273 g/mol. The molecule has 1 aromatic carbocycles. The lowest BCUT2D eigenvalue weighted by atomic mass is 10.2. The molecular formula is C15H16ClN3. The van der Waals surface area contributed by atoms with Crippen molar-refractivity contribution >= 4 is 23.0 Å². The number of nitrogens with zero attached hydrogens (tertiary/aromatic N) is 3. The van der Waals surface area contributed by atoms with E-state index in [9.17, 15) is 0 Å². The summed E-state index contributed by atoms with van der Waals surface area (Å²) in [5.41, 5.74) is 2.41. The first kappa shape index (κ1) is 12.3. The van der Waals surface area contributed by atoms with Crippen LogP contribution in [-0.2, 0) is 0 Å². The molecule has 0 aliphatic carbocycles. The van der Waals surface area contributed by atoms with E-state index in [-0.39, 0.29) is 0 Å². The fourth-order valence-corrected chi connectivity index (χ4v) is 2.62. The number of hydrogen-bond donors (Lipinski definition) is 0. The van der Waals surface area contributed by atoms with Gasteiger partial charge in [0.25, 0.3) is 0 Å². The quantitative estimate of drug-likeness (QED) is 0.838. The number of pyridine rings is 1. The predicted molar refractivity (Wildman–Crippen MR) is 80.1 cm³/mol. The highest BCUT2D eigenvalue weighted by Crippen LogP contribution is 2.22. The summed E-state index contributed by atoms with van der Waals surface area (Å²) in [6.45, 7) is 4.04. The van der Waals surface area contributed by atoms with Crippen LogP contribution in [0.25, 0.3) is 0 Å². The van der Waals surface area contributed by atoms with Gasteiger partial charge in [-0.2, -0.15) is 0 Å². The summed E-state index contributed by atoms with van der Waals surface area (Å²) in [7, 11) is 0. The number of hydrogen-bond acceptors (Lipinski definition) is 3. The SMILES string of the molecule is Clc1cccc(N2CCN(c3cccnc3)CC2)c1. The molecule has 1 saturated heterocycles. The van der Waals surface area contributed by atoms with Gasteiger partial charge < -0.3 is 9.80 Å². The molecule has 4 heteroatoms. The second-order valence-corrected chi connectivity index (χ2v) is 5.10. The molecule has 2 heterocycles. The molecule has 0 saturated carbocycles. The van der Waals surface area contributed by atoms with E-state index in [1.807, 2.05) is 36.7 Å². The molecule has 3 rings (SSSR count). The molecule has 1 fully saturated rings. The average molecular weight is 274 g/mol. The molecule has 1 aromatic heterocycles. The van der Waals surface area contributed by atoms with Crippen molar-refractivity contribution in [2.75, 3.05) is 36.0 Å². The molecule has 0 radical (unpaired) electrons. The summed E-state index contributed by atoms with van der Waals surface area (Å²) >= 11 is 6.04. The Morgan fingerprint density at radius 1 is 0.895 bits per heavy atom.